The molecule has 0 aliphatic heterocycles. The zero-order chi connectivity index (χ0) is 28.2. The number of alkyl halides is 3. The smallest absolute Gasteiger partial charge is 0.382 e. The highest BCUT2D eigenvalue weighted by Gasteiger charge is 2.32. The van der Waals surface area contributed by atoms with E-state index in [2.05, 4.69) is 9.97 Å². The minimum absolute atomic E-state index is 0.210. The summed E-state index contributed by atoms with van der Waals surface area (Å²) in [4.78, 5) is 20.1. The van der Waals surface area contributed by atoms with Crippen LogP contribution in [0.4, 0.5) is 33.5 Å². The molecule has 0 unspecified atom stereocenters. The van der Waals surface area contributed by atoms with Gasteiger partial charge in [0.1, 0.15) is 28.0 Å². The van der Waals surface area contributed by atoms with E-state index in [0.29, 0.717) is 6.07 Å². The number of aryl methyl sites for hydroxylation is 1. The van der Waals surface area contributed by atoms with E-state index in [-0.39, 0.29) is 16.5 Å². The molecular weight excluding hydrogens is 497 g/mol. The van der Waals surface area contributed by atoms with Crippen LogP contribution in [0.15, 0.2) is 42.6 Å². The van der Waals surface area contributed by atoms with Crippen LogP contribution in [-0.4, -0.2) is 25.4 Å². The second-order valence-corrected chi connectivity index (χ2v) is 7.63. The number of hydrogen-bond donors (Lipinski definition) is 3. The van der Waals surface area contributed by atoms with Crippen LogP contribution in [-0.2, 0) is 11.0 Å². The van der Waals surface area contributed by atoms with Crippen molar-refractivity contribution in [1.82, 2.24) is 14.4 Å². The maximum Gasteiger partial charge on any atom is 0.416 e. The molecule has 182 valence electrons. The van der Waals surface area contributed by atoms with Crippen molar-refractivity contribution in [2.75, 3.05) is 11.1 Å². The summed E-state index contributed by atoms with van der Waals surface area (Å²) >= 11 is 6.06. The zero-order valence-corrected chi connectivity index (χ0v) is 17.9. The minimum Gasteiger partial charge on any atom is -0.382 e. The second kappa shape index (κ2) is 8.78. The quantitative estimate of drug-likeness (QED) is 0.336. The first-order valence-corrected chi connectivity index (χ1v) is 9.96. The van der Waals surface area contributed by atoms with Crippen LogP contribution in [0.2, 0.25) is 5.15 Å². The Hall–Kier alpha value is -3.77. The van der Waals surface area contributed by atoms with Crippen molar-refractivity contribution in [3.63, 3.8) is 0 Å². The predicted octanol–water partition coefficient (Wildman–Crippen LogP) is 4.91. The van der Waals surface area contributed by atoms with Crippen LogP contribution in [0.3, 0.4) is 0 Å². The van der Waals surface area contributed by atoms with Crippen molar-refractivity contribution < 1.29 is 36.0 Å². The van der Waals surface area contributed by atoms with Gasteiger partial charge in [-0.2, -0.15) is 13.2 Å². The van der Waals surface area contributed by atoms with Crippen LogP contribution in [0.1, 0.15) is 27.2 Å². The molecule has 2 aromatic carbocycles. The first-order chi connectivity index (χ1) is 17.6. The fourth-order valence-electron chi connectivity index (χ4n) is 3.36. The molecule has 1 atom stereocenters. The number of nitrogens with zero attached hydrogens (tertiary/aromatic N) is 3. The molecule has 4 N–H and O–H groups in total. The second-order valence-electron chi connectivity index (χ2n) is 7.24. The number of fused-ring (bicyclic) bond motifs is 1. The van der Waals surface area contributed by atoms with Crippen LogP contribution >= 0.6 is 11.6 Å². The highest BCUT2D eigenvalue weighted by molar-refractivity contribution is 6.29. The Morgan fingerprint density at radius 3 is 2.69 bits per heavy atom. The van der Waals surface area contributed by atoms with Gasteiger partial charge in [0.2, 0.25) is 0 Å². The normalized spacial score (nSPS) is 14.3. The number of rotatable bonds is 4. The summed E-state index contributed by atoms with van der Waals surface area (Å²) in [6, 6.07) is 5.14. The van der Waals surface area contributed by atoms with Crippen molar-refractivity contribution in [2.45, 2.75) is 19.1 Å². The van der Waals surface area contributed by atoms with Gasteiger partial charge in [0, 0.05) is 9.68 Å². The molecule has 0 radical (unpaired) electrons. The summed E-state index contributed by atoms with van der Waals surface area (Å²) in [5, 5.41) is 11.9. The molecule has 1 amide bonds. The van der Waals surface area contributed by atoms with Gasteiger partial charge in [0.05, 0.1) is 17.4 Å². The molecule has 35 heavy (non-hydrogen) atoms. The van der Waals surface area contributed by atoms with Crippen molar-refractivity contribution in [3.8, 4) is 11.3 Å². The molecule has 0 bridgehead atoms. The van der Waals surface area contributed by atoms with Crippen LogP contribution in [0, 0.1) is 18.5 Å². The van der Waals surface area contributed by atoms with Gasteiger partial charge < -0.3 is 16.2 Å². The number of benzene rings is 2. The molecule has 0 aliphatic rings. The van der Waals surface area contributed by atoms with E-state index < -0.39 is 70.6 Å². The number of nitrogens with two attached hydrogens (primary N) is 1. The van der Waals surface area contributed by atoms with E-state index in [4.69, 9.17) is 21.4 Å². The standard InChI is InChI=1S/C22H15ClF5N5O2/c1-9-31-17(18-20(29)30-8-14(23)33(9)18)12-5-6-13(16(25)15(12)24)32-21(35)19(34)10-3-2-4-11(7-10)22(26,27)28/h2-8,19,34H,1H3,(H2,29,30)(H,32,35)/t19-/m1/s1/i1D3. The number of anilines is 2. The highest BCUT2D eigenvalue weighted by atomic mass is 35.5. The summed E-state index contributed by atoms with van der Waals surface area (Å²) in [5.41, 5.74) is 2.36. The number of aromatic nitrogens is 3. The van der Waals surface area contributed by atoms with E-state index in [1.165, 1.54) is 0 Å². The molecule has 2 heterocycles. The monoisotopic (exact) mass is 514 g/mol. The van der Waals surface area contributed by atoms with Crippen LogP contribution in [0.25, 0.3) is 16.8 Å². The topological polar surface area (TPSA) is 106 Å². The van der Waals surface area contributed by atoms with E-state index >= 15 is 4.39 Å². The molecule has 0 aliphatic carbocycles. The maximum absolute atomic E-state index is 15.2. The molecule has 0 saturated heterocycles. The van der Waals surface area contributed by atoms with Gasteiger partial charge in [-0.15, -0.1) is 0 Å². The van der Waals surface area contributed by atoms with Crippen LogP contribution < -0.4 is 11.1 Å². The van der Waals surface area contributed by atoms with E-state index in [1.54, 1.807) is 0 Å². The third-order valence-electron chi connectivity index (χ3n) is 5.02. The number of aliphatic hydroxyl groups excluding tert-OH is 1. The number of imidazole rings is 1. The zero-order valence-electron chi connectivity index (χ0n) is 20.2. The maximum atomic E-state index is 15.2. The molecule has 0 spiro atoms. The van der Waals surface area contributed by atoms with Gasteiger partial charge in [-0.3, -0.25) is 9.20 Å². The number of halogens is 6. The Labute approximate surface area is 203 Å². The summed E-state index contributed by atoms with van der Waals surface area (Å²) in [6.45, 7) is -2.83. The lowest BCUT2D eigenvalue weighted by atomic mass is 10.0. The lowest BCUT2D eigenvalue weighted by molar-refractivity contribution is -0.138. The molecule has 4 aromatic rings. The SMILES string of the molecule is [2H]C([2H])([2H])c1nc(-c2ccc(NC(=O)[C@H](O)c3cccc(C(F)(F)F)c3)c(F)c2F)c2c(N)ncc(Cl)n12. The van der Waals surface area contributed by atoms with Crippen molar-refractivity contribution in [2.24, 2.45) is 0 Å². The molecule has 4 rings (SSSR count). The number of amides is 1. The minimum atomic E-state index is -4.74. The van der Waals surface area contributed by atoms with Gasteiger partial charge in [0.15, 0.2) is 17.7 Å². The molecular formula is C22H15ClF5N5O2. The number of aliphatic hydroxyl groups is 1. The molecule has 7 nitrogen and oxygen atoms in total. The van der Waals surface area contributed by atoms with Gasteiger partial charge in [-0.05, 0) is 36.7 Å². The molecule has 0 saturated carbocycles. The third-order valence-corrected chi connectivity index (χ3v) is 5.28. The van der Waals surface area contributed by atoms with Crippen molar-refractivity contribution in [1.29, 1.82) is 0 Å². The largest absolute Gasteiger partial charge is 0.416 e. The fraction of sp³-hybridized carbons (Fsp3) is 0.136. The first kappa shape index (κ1) is 20.6. The van der Waals surface area contributed by atoms with Gasteiger partial charge in [-0.1, -0.05) is 23.7 Å². The van der Waals surface area contributed by atoms with E-state index in [9.17, 15) is 27.5 Å². The van der Waals surface area contributed by atoms with E-state index in [1.807, 2.05) is 5.32 Å². The number of carbonyl (C=O) groups excluding carboxylic acids is 1. The van der Waals surface area contributed by atoms with Gasteiger partial charge in [-0.25, -0.2) is 18.7 Å². The summed E-state index contributed by atoms with van der Waals surface area (Å²) in [5.74, 6) is -5.42. The predicted molar refractivity (Wildman–Crippen MR) is 118 cm³/mol. The Morgan fingerprint density at radius 1 is 1.26 bits per heavy atom. The number of hydrogen-bond acceptors (Lipinski definition) is 5. The lowest BCUT2D eigenvalue weighted by Crippen LogP contribution is -2.22. The Balaban J connectivity index is 1.72. The van der Waals surface area contributed by atoms with Crippen molar-refractivity contribution in [3.05, 3.63) is 76.3 Å². The molecule has 13 heteroatoms. The fourth-order valence-corrected chi connectivity index (χ4v) is 3.57. The van der Waals surface area contributed by atoms with Gasteiger partial charge >= 0.3 is 6.18 Å². The molecule has 2 aromatic heterocycles. The lowest BCUT2D eigenvalue weighted by Gasteiger charge is -2.15. The van der Waals surface area contributed by atoms with Crippen LogP contribution in [0.5, 0.6) is 0 Å². The average molecular weight is 515 g/mol. The summed E-state index contributed by atoms with van der Waals surface area (Å²) < 4.78 is 93.0. The summed E-state index contributed by atoms with van der Waals surface area (Å²) in [6.07, 6.45) is -5.83. The first-order valence-electron chi connectivity index (χ1n) is 11.1. The Kier molecular flexibility index (Phi) is 5.17. The highest BCUT2D eigenvalue weighted by Crippen LogP contribution is 2.35. The van der Waals surface area contributed by atoms with E-state index in [0.717, 1.165) is 40.9 Å². The average Bonchev–Trinajstić information content (AvgIpc) is 3.26. The Bertz CT molecular complexity index is 1580. The van der Waals surface area contributed by atoms with Crippen molar-refractivity contribution >= 4 is 34.5 Å². The third kappa shape index (κ3) is 4.37. The van der Waals surface area contributed by atoms with Gasteiger partial charge in [0.25, 0.3) is 5.91 Å². The summed E-state index contributed by atoms with van der Waals surface area (Å²) in [7, 11) is 0. The molecule has 0 fully saturated rings. The Morgan fingerprint density at radius 2 is 2.00 bits per heavy atom. The number of carbonyl (C=O) groups is 1. The number of nitrogens with one attached hydrogen (secondary N) is 1. The number of nitrogen functional groups attached to an aromatic ring is 1.